The highest BCUT2D eigenvalue weighted by atomic mass is 32.1. The molecule has 2 aromatic heterocycles. The minimum Gasteiger partial charge on any atom is -0.381 e. The van der Waals surface area contributed by atoms with Crippen molar-refractivity contribution in [1.82, 2.24) is 9.55 Å². The molecule has 5 rings (SSSR count). The van der Waals surface area contributed by atoms with E-state index >= 15 is 0 Å². The van der Waals surface area contributed by atoms with Gasteiger partial charge in [-0.2, -0.15) is 0 Å². The van der Waals surface area contributed by atoms with E-state index in [-0.39, 0.29) is 5.56 Å². The fourth-order valence-corrected chi connectivity index (χ4v) is 4.94. The molecule has 0 N–H and O–H groups in total. The van der Waals surface area contributed by atoms with Crippen molar-refractivity contribution in [3.8, 4) is 22.5 Å². The number of rotatable bonds is 5. The predicted molar refractivity (Wildman–Crippen MR) is 123 cm³/mol. The third-order valence-electron chi connectivity index (χ3n) is 5.92. The molecule has 0 amide bonds. The Kier molecular flexibility index (Phi) is 5.47. The van der Waals surface area contributed by atoms with Crippen LogP contribution in [0, 0.1) is 5.92 Å². The predicted octanol–water partition coefficient (Wildman–Crippen LogP) is 5.61. The summed E-state index contributed by atoms with van der Waals surface area (Å²) < 4.78 is 8.11. The lowest BCUT2D eigenvalue weighted by Crippen LogP contribution is -2.25. The van der Waals surface area contributed by atoms with Crippen LogP contribution in [0.5, 0.6) is 0 Å². The molecule has 0 unspecified atom stereocenters. The number of aromatic nitrogens is 2. The van der Waals surface area contributed by atoms with Gasteiger partial charge in [0.15, 0.2) is 0 Å². The molecule has 1 aliphatic heterocycles. The molecular weight excluding hydrogens is 392 g/mol. The van der Waals surface area contributed by atoms with Crippen molar-refractivity contribution in [1.29, 1.82) is 0 Å². The minimum atomic E-state index is 0.0733. The lowest BCUT2D eigenvalue weighted by atomic mass is 9.96. The molecule has 0 saturated carbocycles. The van der Waals surface area contributed by atoms with Crippen LogP contribution < -0.4 is 5.56 Å². The summed E-state index contributed by atoms with van der Waals surface area (Å²) in [7, 11) is 0. The van der Waals surface area contributed by atoms with Gasteiger partial charge in [-0.15, -0.1) is 11.3 Å². The quantitative estimate of drug-likeness (QED) is 0.425. The van der Waals surface area contributed by atoms with E-state index < -0.39 is 0 Å². The lowest BCUT2D eigenvalue weighted by molar-refractivity contribution is 0.0625. The first-order valence-electron chi connectivity index (χ1n) is 10.5. The van der Waals surface area contributed by atoms with E-state index in [2.05, 4.69) is 36.4 Å². The highest BCUT2D eigenvalue weighted by Crippen LogP contribution is 2.27. The van der Waals surface area contributed by atoms with Gasteiger partial charge in [0.25, 0.3) is 5.56 Å². The van der Waals surface area contributed by atoms with E-state index in [1.165, 1.54) is 16.9 Å². The smallest absolute Gasteiger partial charge is 0.271 e. The van der Waals surface area contributed by atoms with Gasteiger partial charge in [-0.25, -0.2) is 4.98 Å². The molecular formula is C25H24N2O2S. The fourth-order valence-electron chi connectivity index (χ4n) is 4.16. The average molecular weight is 417 g/mol. The SMILES string of the molecule is O=c1c2sccc2nc(-c2ccc(-c3ccccc3)cc2)n1CCC1CCOCC1. The first-order valence-corrected chi connectivity index (χ1v) is 11.4. The van der Waals surface area contributed by atoms with Crippen LogP contribution in [0.25, 0.3) is 32.7 Å². The second-order valence-corrected chi connectivity index (χ2v) is 8.73. The number of nitrogens with zero attached hydrogens (tertiary/aromatic N) is 2. The summed E-state index contributed by atoms with van der Waals surface area (Å²) in [6.07, 6.45) is 3.13. The average Bonchev–Trinajstić information content (AvgIpc) is 3.29. The number of fused-ring (bicyclic) bond motifs is 1. The van der Waals surface area contributed by atoms with Crippen molar-refractivity contribution in [2.45, 2.75) is 25.8 Å². The van der Waals surface area contributed by atoms with Gasteiger partial charge in [-0.1, -0.05) is 54.6 Å². The number of hydrogen-bond donors (Lipinski definition) is 0. The molecule has 30 heavy (non-hydrogen) atoms. The van der Waals surface area contributed by atoms with Crippen molar-refractivity contribution >= 4 is 21.6 Å². The highest BCUT2D eigenvalue weighted by Gasteiger charge is 2.18. The van der Waals surface area contributed by atoms with Gasteiger partial charge in [0.2, 0.25) is 0 Å². The molecule has 0 bridgehead atoms. The van der Waals surface area contributed by atoms with Gasteiger partial charge in [0.05, 0.1) is 5.52 Å². The highest BCUT2D eigenvalue weighted by molar-refractivity contribution is 7.17. The van der Waals surface area contributed by atoms with Crippen LogP contribution in [0.15, 0.2) is 70.8 Å². The molecule has 0 atom stereocenters. The maximum Gasteiger partial charge on any atom is 0.271 e. The summed E-state index contributed by atoms with van der Waals surface area (Å²) in [5, 5.41) is 1.95. The Morgan fingerprint density at radius 1 is 0.933 bits per heavy atom. The fraction of sp³-hybridized carbons (Fsp3) is 0.280. The van der Waals surface area contributed by atoms with Crippen LogP contribution >= 0.6 is 11.3 Å². The lowest BCUT2D eigenvalue weighted by Gasteiger charge is -2.22. The van der Waals surface area contributed by atoms with Crippen molar-refractivity contribution in [2.75, 3.05) is 13.2 Å². The van der Waals surface area contributed by atoms with Gasteiger partial charge in [-0.05, 0) is 47.8 Å². The molecule has 0 aliphatic carbocycles. The van der Waals surface area contributed by atoms with Gasteiger partial charge >= 0.3 is 0 Å². The number of ether oxygens (including phenoxy) is 1. The third-order valence-corrected chi connectivity index (χ3v) is 6.81. The van der Waals surface area contributed by atoms with Gasteiger partial charge < -0.3 is 4.74 Å². The molecule has 1 fully saturated rings. The molecule has 4 nitrogen and oxygen atoms in total. The molecule has 152 valence electrons. The Balaban J connectivity index is 1.51. The summed E-state index contributed by atoms with van der Waals surface area (Å²) in [6, 6.07) is 20.6. The minimum absolute atomic E-state index is 0.0733. The van der Waals surface area contributed by atoms with E-state index in [0.29, 0.717) is 12.5 Å². The maximum atomic E-state index is 13.3. The van der Waals surface area contributed by atoms with Crippen LogP contribution in [-0.4, -0.2) is 22.8 Å². The molecule has 4 aromatic rings. The topological polar surface area (TPSA) is 44.1 Å². The standard InChI is InChI=1S/C25H24N2O2S/c28-25-23-22(13-17-30-23)26-24(27(25)14-10-18-11-15-29-16-12-18)21-8-6-20(7-9-21)19-4-2-1-3-5-19/h1-9,13,17-18H,10-12,14-16H2. The Morgan fingerprint density at radius 2 is 1.63 bits per heavy atom. The van der Waals surface area contributed by atoms with Crippen molar-refractivity contribution < 1.29 is 4.74 Å². The van der Waals surface area contributed by atoms with Gasteiger partial charge in [-0.3, -0.25) is 9.36 Å². The summed E-state index contributed by atoms with van der Waals surface area (Å²) in [6.45, 7) is 2.35. The maximum absolute atomic E-state index is 13.3. The normalized spacial score (nSPS) is 14.9. The van der Waals surface area contributed by atoms with E-state index in [1.807, 2.05) is 34.2 Å². The van der Waals surface area contributed by atoms with Crippen LogP contribution in [0.4, 0.5) is 0 Å². The summed E-state index contributed by atoms with van der Waals surface area (Å²) >= 11 is 1.48. The zero-order valence-electron chi connectivity index (χ0n) is 16.8. The Bertz CT molecular complexity index is 1190. The van der Waals surface area contributed by atoms with Crippen LogP contribution in [0.3, 0.4) is 0 Å². The monoisotopic (exact) mass is 416 g/mol. The van der Waals surface area contributed by atoms with E-state index in [4.69, 9.17) is 9.72 Å². The van der Waals surface area contributed by atoms with Crippen molar-refractivity contribution in [2.24, 2.45) is 5.92 Å². The Labute approximate surface area is 179 Å². The Hall–Kier alpha value is -2.76. The largest absolute Gasteiger partial charge is 0.381 e. The summed E-state index contributed by atoms with van der Waals surface area (Å²) in [5.74, 6) is 1.37. The van der Waals surface area contributed by atoms with Crippen molar-refractivity contribution in [3.63, 3.8) is 0 Å². The van der Waals surface area contributed by atoms with Crippen LogP contribution in [0.1, 0.15) is 19.3 Å². The van der Waals surface area contributed by atoms with E-state index in [9.17, 15) is 4.79 Å². The number of benzene rings is 2. The van der Waals surface area contributed by atoms with Gasteiger partial charge in [0, 0.05) is 25.3 Å². The summed E-state index contributed by atoms with van der Waals surface area (Å²) in [5.41, 5.74) is 4.18. The first kappa shape index (κ1) is 19.2. The number of thiophene rings is 1. The molecule has 0 spiro atoms. The molecule has 0 radical (unpaired) electrons. The molecule has 1 aliphatic rings. The van der Waals surface area contributed by atoms with Gasteiger partial charge in [0.1, 0.15) is 10.5 Å². The first-order chi connectivity index (χ1) is 14.8. The number of hydrogen-bond acceptors (Lipinski definition) is 4. The summed E-state index contributed by atoms with van der Waals surface area (Å²) in [4.78, 5) is 18.1. The Morgan fingerprint density at radius 3 is 2.40 bits per heavy atom. The van der Waals surface area contributed by atoms with Crippen LogP contribution in [-0.2, 0) is 11.3 Å². The second kappa shape index (κ2) is 8.54. The molecule has 1 saturated heterocycles. The second-order valence-electron chi connectivity index (χ2n) is 7.81. The molecule has 5 heteroatoms. The zero-order chi connectivity index (χ0) is 20.3. The van der Waals surface area contributed by atoms with E-state index in [0.717, 1.165) is 59.6 Å². The molecule has 2 aromatic carbocycles. The van der Waals surface area contributed by atoms with Crippen molar-refractivity contribution in [3.05, 3.63) is 76.4 Å². The third kappa shape index (κ3) is 3.83. The van der Waals surface area contributed by atoms with Crippen LogP contribution in [0.2, 0.25) is 0 Å². The van der Waals surface area contributed by atoms with E-state index in [1.54, 1.807) is 0 Å². The zero-order valence-corrected chi connectivity index (χ0v) is 17.6. The molecule has 3 heterocycles.